The smallest absolute Gasteiger partial charge is 0.0701 e. The molecule has 0 aliphatic rings. The van der Waals surface area contributed by atoms with Gasteiger partial charge in [0.2, 0.25) is 0 Å². The maximum atomic E-state index is 5.69. The van der Waals surface area contributed by atoms with Crippen LogP contribution in [0.25, 0.3) is 0 Å². The summed E-state index contributed by atoms with van der Waals surface area (Å²) in [4.78, 5) is 1.32. The van der Waals surface area contributed by atoms with Crippen LogP contribution in [0.5, 0.6) is 0 Å². The van der Waals surface area contributed by atoms with E-state index in [1.807, 2.05) is 0 Å². The van der Waals surface area contributed by atoms with Crippen molar-refractivity contribution in [3.63, 3.8) is 0 Å². The molecule has 0 spiro atoms. The van der Waals surface area contributed by atoms with E-state index in [-0.39, 0.29) is 6.04 Å². The van der Waals surface area contributed by atoms with Crippen molar-refractivity contribution < 1.29 is 0 Å². The number of nitrogens with one attached hydrogen (secondary N) is 1. The van der Waals surface area contributed by atoms with Crippen LogP contribution in [0.15, 0.2) is 34.1 Å². The Labute approximate surface area is 120 Å². The monoisotopic (exact) mass is 324 g/mol. The van der Waals surface area contributed by atoms with Crippen LogP contribution in [0.4, 0.5) is 0 Å². The molecule has 4 heteroatoms. The van der Waals surface area contributed by atoms with Crippen molar-refractivity contribution in [3.05, 3.63) is 55.7 Å². The minimum atomic E-state index is 0.162. The molecule has 0 aliphatic heterocycles. The fourth-order valence-corrected chi connectivity index (χ4v) is 3.45. The molecular weight excluding hydrogens is 308 g/mol. The summed E-state index contributed by atoms with van der Waals surface area (Å²) in [5.74, 6) is 5.69. The van der Waals surface area contributed by atoms with Crippen LogP contribution >= 0.6 is 27.3 Å². The normalized spacial score (nSPS) is 12.7. The molecule has 3 N–H and O–H groups in total. The summed E-state index contributed by atoms with van der Waals surface area (Å²) in [5.41, 5.74) is 6.77. The Hall–Kier alpha value is -0.680. The van der Waals surface area contributed by atoms with Gasteiger partial charge < -0.3 is 0 Å². The average molecular weight is 325 g/mol. The zero-order chi connectivity index (χ0) is 13.1. The maximum Gasteiger partial charge on any atom is 0.0701 e. The summed E-state index contributed by atoms with van der Waals surface area (Å²) in [5, 5.41) is 0. The second-order valence-electron chi connectivity index (χ2n) is 4.47. The lowest BCUT2D eigenvalue weighted by molar-refractivity contribution is 0.555. The van der Waals surface area contributed by atoms with E-state index >= 15 is 0 Å². The van der Waals surface area contributed by atoms with Crippen LogP contribution in [0.1, 0.15) is 27.6 Å². The summed E-state index contributed by atoms with van der Waals surface area (Å²) in [6.45, 7) is 4.26. The van der Waals surface area contributed by atoms with Gasteiger partial charge in [0.1, 0.15) is 0 Å². The highest BCUT2D eigenvalue weighted by Gasteiger charge is 2.12. The van der Waals surface area contributed by atoms with Gasteiger partial charge >= 0.3 is 0 Å². The third-order valence-corrected chi connectivity index (χ3v) is 4.81. The SMILES string of the molecule is Cc1ccc(C(Cc2ccc(Br)s2)NN)cc1C. The van der Waals surface area contributed by atoms with Crippen molar-refractivity contribution in [3.8, 4) is 0 Å². The minimum Gasteiger partial charge on any atom is -0.271 e. The predicted molar refractivity (Wildman–Crippen MR) is 81.7 cm³/mol. The topological polar surface area (TPSA) is 38.0 Å². The highest BCUT2D eigenvalue weighted by Crippen LogP contribution is 2.27. The molecule has 96 valence electrons. The van der Waals surface area contributed by atoms with E-state index in [2.05, 4.69) is 65.5 Å². The predicted octanol–water partition coefficient (Wildman–Crippen LogP) is 3.87. The molecule has 18 heavy (non-hydrogen) atoms. The number of hydrogen-bond donors (Lipinski definition) is 2. The van der Waals surface area contributed by atoms with Crippen molar-refractivity contribution in [2.24, 2.45) is 5.84 Å². The van der Waals surface area contributed by atoms with Gasteiger partial charge in [0.05, 0.1) is 9.83 Å². The standard InChI is InChI=1S/C14H17BrN2S/c1-9-3-4-11(7-10(9)2)13(17-16)8-12-5-6-14(15)18-12/h3-7,13,17H,8,16H2,1-2H3. The number of nitrogens with two attached hydrogens (primary N) is 1. The molecular formula is C14H17BrN2S. The molecule has 0 saturated carbocycles. The number of benzene rings is 1. The van der Waals surface area contributed by atoms with E-state index < -0.39 is 0 Å². The molecule has 2 rings (SSSR count). The Balaban J connectivity index is 2.19. The molecule has 1 heterocycles. The summed E-state index contributed by atoms with van der Waals surface area (Å²) in [6.07, 6.45) is 0.912. The Kier molecular flexibility index (Phi) is 4.56. The molecule has 0 aliphatic carbocycles. The van der Waals surface area contributed by atoms with Gasteiger partial charge in [-0.15, -0.1) is 11.3 Å². The number of hydrogen-bond acceptors (Lipinski definition) is 3. The van der Waals surface area contributed by atoms with E-state index in [4.69, 9.17) is 5.84 Å². The molecule has 1 aromatic carbocycles. The molecule has 2 nitrogen and oxygen atoms in total. The first kappa shape index (κ1) is 13.7. The van der Waals surface area contributed by atoms with Crippen LogP contribution in [0.3, 0.4) is 0 Å². The van der Waals surface area contributed by atoms with Gasteiger partial charge in [-0.2, -0.15) is 0 Å². The van der Waals surface area contributed by atoms with E-state index in [9.17, 15) is 0 Å². The summed E-state index contributed by atoms with van der Waals surface area (Å²) in [7, 11) is 0. The number of halogens is 1. The Morgan fingerprint density at radius 3 is 2.56 bits per heavy atom. The van der Waals surface area contributed by atoms with Crippen molar-refractivity contribution in [1.29, 1.82) is 0 Å². The molecule has 1 aromatic heterocycles. The van der Waals surface area contributed by atoms with Gasteiger partial charge in [0, 0.05) is 11.3 Å². The van der Waals surface area contributed by atoms with E-state index in [0.29, 0.717) is 0 Å². The fourth-order valence-electron chi connectivity index (χ4n) is 1.92. The van der Waals surface area contributed by atoms with Crippen LogP contribution in [0.2, 0.25) is 0 Å². The number of hydrazine groups is 1. The third kappa shape index (κ3) is 3.20. The van der Waals surface area contributed by atoms with E-state index in [1.165, 1.54) is 21.6 Å². The first-order valence-corrected chi connectivity index (χ1v) is 7.48. The molecule has 1 unspecified atom stereocenters. The molecule has 1 atom stereocenters. The van der Waals surface area contributed by atoms with Crippen LogP contribution < -0.4 is 11.3 Å². The highest BCUT2D eigenvalue weighted by molar-refractivity contribution is 9.11. The number of thiophene rings is 1. The van der Waals surface area contributed by atoms with Gasteiger partial charge in [-0.1, -0.05) is 18.2 Å². The quantitative estimate of drug-likeness (QED) is 0.661. The van der Waals surface area contributed by atoms with Crippen LogP contribution in [-0.2, 0) is 6.42 Å². The fraction of sp³-hybridized carbons (Fsp3) is 0.286. The van der Waals surface area contributed by atoms with Gasteiger partial charge in [-0.25, -0.2) is 0 Å². The summed E-state index contributed by atoms with van der Waals surface area (Å²) < 4.78 is 1.16. The molecule has 0 amide bonds. The average Bonchev–Trinajstić information content (AvgIpc) is 2.75. The van der Waals surface area contributed by atoms with Crippen molar-refractivity contribution in [2.75, 3.05) is 0 Å². The first-order chi connectivity index (χ1) is 8.60. The second-order valence-corrected chi connectivity index (χ2v) is 7.02. The lowest BCUT2D eigenvalue weighted by Gasteiger charge is -2.16. The Morgan fingerprint density at radius 2 is 2.00 bits per heavy atom. The summed E-state index contributed by atoms with van der Waals surface area (Å²) in [6, 6.07) is 10.9. The number of aryl methyl sites for hydroxylation is 2. The minimum absolute atomic E-state index is 0.162. The third-order valence-electron chi connectivity index (χ3n) is 3.17. The molecule has 0 saturated heterocycles. The lowest BCUT2D eigenvalue weighted by atomic mass is 9.99. The Bertz CT molecular complexity index is 536. The molecule has 0 fully saturated rings. The molecule has 0 radical (unpaired) electrons. The van der Waals surface area contributed by atoms with Gasteiger partial charge in [0.15, 0.2) is 0 Å². The molecule has 0 bridgehead atoms. The van der Waals surface area contributed by atoms with Gasteiger partial charge in [-0.05, 0) is 58.6 Å². The van der Waals surface area contributed by atoms with Crippen LogP contribution in [-0.4, -0.2) is 0 Å². The maximum absolute atomic E-state index is 5.69. The van der Waals surface area contributed by atoms with Gasteiger partial charge in [-0.3, -0.25) is 11.3 Å². The van der Waals surface area contributed by atoms with Crippen molar-refractivity contribution in [2.45, 2.75) is 26.3 Å². The van der Waals surface area contributed by atoms with Crippen molar-refractivity contribution >= 4 is 27.3 Å². The zero-order valence-corrected chi connectivity index (χ0v) is 12.9. The van der Waals surface area contributed by atoms with Crippen LogP contribution in [0, 0.1) is 13.8 Å². The van der Waals surface area contributed by atoms with E-state index in [1.54, 1.807) is 11.3 Å². The van der Waals surface area contributed by atoms with E-state index in [0.717, 1.165) is 10.2 Å². The van der Waals surface area contributed by atoms with Crippen molar-refractivity contribution in [1.82, 2.24) is 5.43 Å². The molecule has 2 aromatic rings. The lowest BCUT2D eigenvalue weighted by Crippen LogP contribution is -2.29. The van der Waals surface area contributed by atoms with Gasteiger partial charge in [0.25, 0.3) is 0 Å². The largest absolute Gasteiger partial charge is 0.271 e. The second kappa shape index (κ2) is 5.97. The summed E-state index contributed by atoms with van der Waals surface area (Å²) >= 11 is 5.24. The first-order valence-electron chi connectivity index (χ1n) is 5.87. The highest BCUT2D eigenvalue weighted by atomic mass is 79.9. The zero-order valence-electron chi connectivity index (χ0n) is 10.5. The number of rotatable bonds is 4. The Morgan fingerprint density at radius 1 is 1.22 bits per heavy atom.